The van der Waals surface area contributed by atoms with Crippen molar-refractivity contribution < 1.29 is 27.9 Å². The number of aromatic nitrogens is 1. The van der Waals surface area contributed by atoms with Crippen LogP contribution < -0.4 is 5.32 Å². The van der Waals surface area contributed by atoms with Crippen molar-refractivity contribution in [2.45, 2.75) is 18.6 Å². The van der Waals surface area contributed by atoms with Gasteiger partial charge in [-0.2, -0.15) is 8.78 Å². The third-order valence-corrected chi connectivity index (χ3v) is 7.49. The van der Waals surface area contributed by atoms with Crippen LogP contribution in [0.25, 0.3) is 10.1 Å². The number of amides is 1. The molecular weight excluding hydrogens is 477 g/mol. The van der Waals surface area contributed by atoms with Gasteiger partial charge in [-0.15, -0.1) is 11.3 Å². The van der Waals surface area contributed by atoms with Crippen molar-refractivity contribution in [3.8, 4) is 0 Å². The second-order valence-electron chi connectivity index (χ2n) is 6.02. The van der Waals surface area contributed by atoms with Gasteiger partial charge in [0.15, 0.2) is 0 Å². The van der Waals surface area contributed by atoms with Gasteiger partial charge in [0.2, 0.25) is 0 Å². The van der Waals surface area contributed by atoms with E-state index >= 15 is 0 Å². The predicted octanol–water partition coefficient (Wildman–Crippen LogP) is 4.78. The van der Waals surface area contributed by atoms with Crippen LogP contribution in [0.4, 0.5) is 8.78 Å². The number of hydrogen-bond acceptors (Lipinski definition) is 4. The Hall–Kier alpha value is -1.71. The summed E-state index contributed by atoms with van der Waals surface area (Å²) in [6, 6.07) is 7.57. The highest BCUT2D eigenvalue weighted by atomic mass is 79.9. The largest absolute Gasteiger partial charge is 0.400 e. The number of carbonyl (C=O) groups is 1. The van der Waals surface area contributed by atoms with Gasteiger partial charge in [0.25, 0.3) is 5.91 Å². The zero-order valence-corrected chi connectivity index (χ0v) is 17.6. The fraction of sp³-hybridized carbons (Fsp3) is 0.176. The molecule has 1 aromatic carbocycles. The van der Waals surface area contributed by atoms with Crippen molar-refractivity contribution in [3.05, 3.63) is 63.2 Å². The molecule has 0 aliphatic rings. The summed E-state index contributed by atoms with van der Waals surface area (Å²) in [6.07, 6.45) is 3.24. The molecule has 3 N–H and O–H groups in total. The Bertz CT molecular complexity index is 1090. The lowest BCUT2D eigenvalue weighted by Gasteiger charge is -2.16. The molecule has 0 fully saturated rings. The van der Waals surface area contributed by atoms with E-state index in [9.17, 15) is 18.1 Å². The molecule has 0 saturated carbocycles. The minimum Gasteiger partial charge on any atom is -0.345 e. The number of rotatable bonds is 5. The zero-order chi connectivity index (χ0) is 20.7. The van der Waals surface area contributed by atoms with Gasteiger partial charge in [-0.05, 0) is 52.7 Å². The molecule has 0 radical (unpaired) electrons. The molecule has 11 heteroatoms. The minimum absolute atomic E-state index is 0.143. The summed E-state index contributed by atoms with van der Waals surface area (Å²) in [5, 5.41) is 3.07. The van der Waals surface area contributed by atoms with Gasteiger partial charge in [-0.3, -0.25) is 14.3 Å². The number of halogens is 3. The Kier molecular flexibility index (Phi) is 5.71. The van der Waals surface area contributed by atoms with Crippen molar-refractivity contribution >= 4 is 50.9 Å². The monoisotopic (exact) mass is 490 g/mol. The Morgan fingerprint density at radius 2 is 2.07 bits per heavy atom. The maximum atomic E-state index is 14.1. The van der Waals surface area contributed by atoms with Crippen molar-refractivity contribution in [1.29, 1.82) is 0 Å². The van der Waals surface area contributed by atoms with Gasteiger partial charge in [-0.25, -0.2) is 0 Å². The standard InChI is InChI=1S/C17H14BrF2N2O4PS/c1-9(11-3-2-6-21-8-11)22-16(23)10-4-5-13-12(7-10)14(18)15(28-13)17(19,20)27(24,25)26/h2-9H,1H3,(H,22,23)(H2,24,25,26)/t9-/m0/s1. The third kappa shape index (κ3) is 3.88. The highest BCUT2D eigenvalue weighted by Crippen LogP contribution is 2.62. The molecule has 2 aromatic heterocycles. The summed E-state index contributed by atoms with van der Waals surface area (Å²) in [4.78, 5) is 33.7. The summed E-state index contributed by atoms with van der Waals surface area (Å²) in [5.41, 5.74) is -3.29. The van der Waals surface area contributed by atoms with Gasteiger partial charge >= 0.3 is 13.3 Å². The van der Waals surface area contributed by atoms with E-state index in [0.29, 0.717) is 16.0 Å². The lowest BCUT2D eigenvalue weighted by Crippen LogP contribution is -2.26. The highest BCUT2D eigenvalue weighted by Gasteiger charge is 2.53. The van der Waals surface area contributed by atoms with Crippen LogP contribution in [0.15, 0.2) is 47.2 Å². The van der Waals surface area contributed by atoms with E-state index in [1.54, 1.807) is 25.4 Å². The van der Waals surface area contributed by atoms with Crippen LogP contribution in [0, 0.1) is 0 Å². The molecule has 28 heavy (non-hydrogen) atoms. The first-order valence-electron chi connectivity index (χ1n) is 7.89. The molecule has 0 spiro atoms. The molecule has 1 amide bonds. The SMILES string of the molecule is C[C@H](NC(=O)c1ccc2sc(C(F)(F)P(=O)(O)O)c(Br)c2c1)c1cccnc1. The summed E-state index contributed by atoms with van der Waals surface area (Å²) in [5.74, 6) is -0.417. The fourth-order valence-electron chi connectivity index (χ4n) is 2.53. The highest BCUT2D eigenvalue weighted by molar-refractivity contribution is 9.10. The van der Waals surface area contributed by atoms with Crippen LogP contribution in [0.2, 0.25) is 0 Å². The molecule has 148 valence electrons. The summed E-state index contributed by atoms with van der Waals surface area (Å²) >= 11 is 3.56. The average Bonchev–Trinajstić information content (AvgIpc) is 2.98. The summed E-state index contributed by atoms with van der Waals surface area (Å²) in [7, 11) is -5.69. The molecule has 3 rings (SSSR count). The fourth-order valence-corrected chi connectivity index (χ4v) is 5.45. The van der Waals surface area contributed by atoms with E-state index in [4.69, 9.17) is 9.79 Å². The number of nitrogens with zero attached hydrogens (tertiary/aromatic N) is 1. The van der Waals surface area contributed by atoms with Gasteiger partial charge in [0.05, 0.1) is 6.04 Å². The normalized spacial score (nSPS) is 13.5. The minimum atomic E-state index is -5.69. The van der Waals surface area contributed by atoms with Crippen LogP contribution >= 0.6 is 34.9 Å². The van der Waals surface area contributed by atoms with Gasteiger partial charge in [0.1, 0.15) is 4.88 Å². The molecule has 0 saturated heterocycles. The van der Waals surface area contributed by atoms with E-state index in [1.807, 2.05) is 6.07 Å². The topological polar surface area (TPSA) is 99.5 Å². The van der Waals surface area contributed by atoms with E-state index < -0.39 is 24.0 Å². The zero-order valence-electron chi connectivity index (χ0n) is 14.3. The van der Waals surface area contributed by atoms with Crippen LogP contribution in [0.1, 0.15) is 33.8 Å². The molecule has 2 heterocycles. The molecule has 6 nitrogen and oxygen atoms in total. The third-order valence-electron chi connectivity index (χ3n) is 4.06. The van der Waals surface area contributed by atoms with E-state index in [2.05, 4.69) is 26.2 Å². The maximum absolute atomic E-state index is 14.1. The molecule has 0 aliphatic carbocycles. The summed E-state index contributed by atoms with van der Waals surface area (Å²) in [6.45, 7) is 1.78. The lowest BCUT2D eigenvalue weighted by molar-refractivity contribution is 0.0595. The van der Waals surface area contributed by atoms with Crippen LogP contribution in [-0.2, 0) is 10.2 Å². The quantitative estimate of drug-likeness (QED) is 0.447. The van der Waals surface area contributed by atoms with Crippen LogP contribution in [0.3, 0.4) is 0 Å². The summed E-state index contributed by atoms with van der Waals surface area (Å²) < 4.78 is 39.6. The number of fused-ring (bicyclic) bond motifs is 1. The number of nitrogens with one attached hydrogen (secondary N) is 1. The molecule has 0 bridgehead atoms. The first-order chi connectivity index (χ1) is 13.0. The van der Waals surface area contributed by atoms with E-state index in [0.717, 1.165) is 5.56 Å². The van der Waals surface area contributed by atoms with Gasteiger partial charge < -0.3 is 15.1 Å². The molecule has 0 unspecified atom stereocenters. The smallest absolute Gasteiger partial charge is 0.345 e. The Morgan fingerprint density at radius 1 is 1.36 bits per heavy atom. The number of benzene rings is 1. The maximum Gasteiger partial charge on any atom is 0.400 e. The second-order valence-corrected chi connectivity index (χ2v) is 9.52. The number of pyridine rings is 1. The lowest BCUT2D eigenvalue weighted by atomic mass is 10.1. The van der Waals surface area contributed by atoms with E-state index in [-0.39, 0.29) is 21.5 Å². The molecule has 0 aliphatic heterocycles. The Balaban J connectivity index is 1.93. The van der Waals surface area contributed by atoms with Crippen LogP contribution in [-0.4, -0.2) is 20.7 Å². The van der Waals surface area contributed by atoms with Crippen molar-refractivity contribution in [3.63, 3.8) is 0 Å². The molecular formula is C17H14BrF2N2O4PS. The number of alkyl halides is 2. The van der Waals surface area contributed by atoms with Gasteiger partial charge in [-0.1, -0.05) is 6.07 Å². The van der Waals surface area contributed by atoms with Crippen molar-refractivity contribution in [1.82, 2.24) is 10.3 Å². The van der Waals surface area contributed by atoms with Crippen molar-refractivity contribution in [2.24, 2.45) is 0 Å². The average molecular weight is 491 g/mol. The molecule has 3 aromatic rings. The first-order valence-corrected chi connectivity index (χ1v) is 11.1. The number of thiophene rings is 1. The van der Waals surface area contributed by atoms with E-state index in [1.165, 1.54) is 18.2 Å². The van der Waals surface area contributed by atoms with Crippen LogP contribution in [0.5, 0.6) is 0 Å². The molecule has 1 atom stereocenters. The Labute approximate surface area is 170 Å². The first kappa shape index (κ1) is 21.0. The van der Waals surface area contributed by atoms with Crippen molar-refractivity contribution in [2.75, 3.05) is 0 Å². The Morgan fingerprint density at radius 3 is 2.68 bits per heavy atom. The predicted molar refractivity (Wildman–Crippen MR) is 106 cm³/mol. The number of hydrogen-bond donors (Lipinski definition) is 3. The number of carbonyl (C=O) groups excluding carboxylic acids is 1. The second kappa shape index (κ2) is 7.61. The van der Waals surface area contributed by atoms with Gasteiger partial charge in [0, 0.05) is 32.5 Å².